The van der Waals surface area contributed by atoms with E-state index in [-0.39, 0.29) is 17.5 Å². The van der Waals surface area contributed by atoms with Gasteiger partial charge in [0.1, 0.15) is 12.0 Å². The van der Waals surface area contributed by atoms with Gasteiger partial charge in [-0.15, -0.1) is 0 Å². The zero-order valence-electron chi connectivity index (χ0n) is 9.30. The topological polar surface area (TPSA) is 107 Å². The molecule has 7 nitrogen and oxygen atoms in total. The van der Waals surface area contributed by atoms with Crippen molar-refractivity contribution in [2.45, 2.75) is 0 Å². The van der Waals surface area contributed by atoms with E-state index in [1.807, 2.05) is 0 Å². The molecular formula is C10H7BrFN5O2. The minimum Gasteiger partial charge on any atom is -0.368 e. The molecule has 9 heteroatoms. The van der Waals surface area contributed by atoms with Crippen LogP contribution in [0.3, 0.4) is 0 Å². The van der Waals surface area contributed by atoms with E-state index in [0.717, 1.165) is 6.20 Å². The number of rotatable bonds is 3. The first-order valence-electron chi connectivity index (χ1n) is 4.96. The predicted molar refractivity (Wildman–Crippen MR) is 70.5 cm³/mol. The van der Waals surface area contributed by atoms with Crippen LogP contribution in [0, 0.1) is 15.9 Å². The number of hydrogen-bond acceptors (Lipinski definition) is 6. The van der Waals surface area contributed by atoms with E-state index >= 15 is 0 Å². The average Bonchev–Trinajstić information content (AvgIpc) is 2.32. The summed E-state index contributed by atoms with van der Waals surface area (Å²) in [6.07, 6.45) is 1.00. The van der Waals surface area contributed by atoms with Gasteiger partial charge in [0.25, 0.3) is 0 Å². The zero-order valence-corrected chi connectivity index (χ0v) is 10.9. The van der Waals surface area contributed by atoms with Crippen LogP contribution in [0.15, 0.2) is 28.9 Å². The minimum atomic E-state index is -0.640. The standard InChI is InChI=1S/C10H7BrFN5O2/c11-6-3-5(12)1-2-7(6)15-9-8(17(18)19)4-14-10(13)16-9/h1-4H,(H3,13,14,15,16). The lowest BCUT2D eigenvalue weighted by molar-refractivity contribution is -0.384. The second-order valence-corrected chi connectivity index (χ2v) is 4.32. The van der Waals surface area contributed by atoms with Crippen molar-refractivity contribution in [3.8, 4) is 0 Å². The molecule has 0 spiro atoms. The Morgan fingerprint density at radius 2 is 2.21 bits per heavy atom. The quantitative estimate of drug-likeness (QED) is 0.662. The van der Waals surface area contributed by atoms with E-state index in [4.69, 9.17) is 5.73 Å². The van der Waals surface area contributed by atoms with Gasteiger partial charge in [-0.3, -0.25) is 10.1 Å². The Labute approximate surface area is 115 Å². The number of aromatic nitrogens is 2. The Morgan fingerprint density at radius 3 is 2.84 bits per heavy atom. The maximum atomic E-state index is 12.9. The molecule has 0 atom stereocenters. The molecule has 2 aromatic rings. The Balaban J connectivity index is 2.42. The maximum Gasteiger partial charge on any atom is 0.329 e. The summed E-state index contributed by atoms with van der Waals surface area (Å²) in [5.74, 6) is -0.606. The van der Waals surface area contributed by atoms with Crippen molar-refractivity contribution >= 4 is 39.1 Å². The highest BCUT2D eigenvalue weighted by molar-refractivity contribution is 9.10. The van der Waals surface area contributed by atoms with Crippen molar-refractivity contribution in [3.63, 3.8) is 0 Å². The summed E-state index contributed by atoms with van der Waals surface area (Å²) < 4.78 is 13.3. The fourth-order valence-electron chi connectivity index (χ4n) is 1.33. The summed E-state index contributed by atoms with van der Waals surface area (Å²) in [5, 5.41) is 13.5. The molecule has 0 unspecified atom stereocenters. The second kappa shape index (κ2) is 5.14. The summed E-state index contributed by atoms with van der Waals surface area (Å²) in [6.45, 7) is 0. The third-order valence-corrected chi connectivity index (χ3v) is 2.83. The monoisotopic (exact) mass is 327 g/mol. The van der Waals surface area contributed by atoms with E-state index in [2.05, 4.69) is 31.2 Å². The molecule has 0 aliphatic heterocycles. The molecule has 3 N–H and O–H groups in total. The van der Waals surface area contributed by atoms with Gasteiger partial charge in [-0.05, 0) is 34.1 Å². The van der Waals surface area contributed by atoms with Crippen molar-refractivity contribution in [1.82, 2.24) is 9.97 Å². The number of anilines is 3. The van der Waals surface area contributed by atoms with E-state index in [1.54, 1.807) is 0 Å². The number of nitrogen functional groups attached to an aromatic ring is 1. The molecule has 0 bridgehead atoms. The second-order valence-electron chi connectivity index (χ2n) is 3.47. The molecule has 0 saturated heterocycles. The van der Waals surface area contributed by atoms with Gasteiger partial charge in [0.15, 0.2) is 0 Å². The number of nitro groups is 1. The van der Waals surface area contributed by atoms with Gasteiger partial charge in [0.2, 0.25) is 11.8 Å². The van der Waals surface area contributed by atoms with Crippen LogP contribution in [0.2, 0.25) is 0 Å². The van der Waals surface area contributed by atoms with E-state index < -0.39 is 10.7 Å². The lowest BCUT2D eigenvalue weighted by atomic mass is 10.3. The van der Waals surface area contributed by atoms with Crippen molar-refractivity contribution in [1.29, 1.82) is 0 Å². The smallest absolute Gasteiger partial charge is 0.329 e. The van der Waals surface area contributed by atoms with Crippen LogP contribution in [0.5, 0.6) is 0 Å². The molecule has 0 amide bonds. The van der Waals surface area contributed by atoms with Crippen LogP contribution < -0.4 is 11.1 Å². The van der Waals surface area contributed by atoms with Crippen molar-refractivity contribution in [2.24, 2.45) is 0 Å². The third kappa shape index (κ3) is 2.94. The Morgan fingerprint density at radius 1 is 1.47 bits per heavy atom. The summed E-state index contributed by atoms with van der Waals surface area (Å²) in [6, 6.07) is 3.85. The van der Waals surface area contributed by atoms with E-state index in [9.17, 15) is 14.5 Å². The van der Waals surface area contributed by atoms with Crippen molar-refractivity contribution < 1.29 is 9.31 Å². The molecule has 98 valence electrons. The lowest BCUT2D eigenvalue weighted by Crippen LogP contribution is -2.04. The minimum absolute atomic E-state index is 0.0650. The zero-order chi connectivity index (χ0) is 14.0. The van der Waals surface area contributed by atoms with Gasteiger partial charge < -0.3 is 11.1 Å². The van der Waals surface area contributed by atoms with Crippen LogP contribution in [0.1, 0.15) is 0 Å². The van der Waals surface area contributed by atoms with Crippen LogP contribution in [-0.2, 0) is 0 Å². The summed E-state index contributed by atoms with van der Waals surface area (Å²) in [7, 11) is 0. The number of nitrogens with one attached hydrogen (secondary N) is 1. The highest BCUT2D eigenvalue weighted by atomic mass is 79.9. The van der Waals surface area contributed by atoms with Crippen LogP contribution in [-0.4, -0.2) is 14.9 Å². The lowest BCUT2D eigenvalue weighted by Gasteiger charge is -2.08. The average molecular weight is 328 g/mol. The SMILES string of the molecule is Nc1ncc([N+](=O)[O-])c(Nc2ccc(F)cc2Br)n1. The fourth-order valence-corrected chi connectivity index (χ4v) is 1.78. The van der Waals surface area contributed by atoms with E-state index in [1.165, 1.54) is 18.2 Å². The van der Waals surface area contributed by atoms with Crippen molar-refractivity contribution in [3.05, 3.63) is 44.8 Å². The molecule has 0 radical (unpaired) electrons. The summed E-state index contributed by atoms with van der Waals surface area (Å²) >= 11 is 3.14. The molecule has 2 rings (SSSR count). The number of nitrogens with zero attached hydrogens (tertiary/aromatic N) is 3. The van der Waals surface area contributed by atoms with Crippen LogP contribution >= 0.6 is 15.9 Å². The molecule has 19 heavy (non-hydrogen) atoms. The van der Waals surface area contributed by atoms with Crippen LogP contribution in [0.25, 0.3) is 0 Å². The highest BCUT2D eigenvalue weighted by Crippen LogP contribution is 2.30. The predicted octanol–water partition coefficient (Wildman–Crippen LogP) is 2.61. The highest BCUT2D eigenvalue weighted by Gasteiger charge is 2.17. The first kappa shape index (κ1) is 13.1. The van der Waals surface area contributed by atoms with Gasteiger partial charge >= 0.3 is 5.69 Å². The largest absolute Gasteiger partial charge is 0.368 e. The summed E-state index contributed by atoms with van der Waals surface area (Å²) in [4.78, 5) is 17.5. The van der Waals surface area contributed by atoms with Gasteiger partial charge in [-0.25, -0.2) is 9.37 Å². The Bertz CT molecular complexity index is 652. The summed E-state index contributed by atoms with van der Waals surface area (Å²) in [5.41, 5.74) is 5.48. The van der Waals surface area contributed by atoms with Gasteiger partial charge in [-0.1, -0.05) is 0 Å². The van der Waals surface area contributed by atoms with Crippen molar-refractivity contribution in [2.75, 3.05) is 11.1 Å². The first-order valence-corrected chi connectivity index (χ1v) is 5.75. The molecule has 0 fully saturated rings. The molecule has 0 saturated carbocycles. The molecule has 0 aliphatic rings. The Kier molecular flexibility index (Phi) is 3.56. The molecular weight excluding hydrogens is 321 g/mol. The van der Waals surface area contributed by atoms with Gasteiger partial charge in [0.05, 0.1) is 10.6 Å². The Hall–Kier alpha value is -2.29. The van der Waals surface area contributed by atoms with Gasteiger partial charge in [0, 0.05) is 4.47 Å². The van der Waals surface area contributed by atoms with Gasteiger partial charge in [-0.2, -0.15) is 4.98 Å². The molecule has 1 aromatic heterocycles. The van der Waals surface area contributed by atoms with E-state index in [0.29, 0.717) is 10.2 Å². The number of halogens is 2. The number of hydrogen-bond donors (Lipinski definition) is 2. The molecule has 1 heterocycles. The van der Waals surface area contributed by atoms with Crippen LogP contribution in [0.4, 0.5) is 27.5 Å². The number of nitrogens with two attached hydrogens (primary N) is 1. The number of benzene rings is 1. The third-order valence-electron chi connectivity index (χ3n) is 2.17. The normalized spacial score (nSPS) is 10.2. The molecule has 0 aliphatic carbocycles. The first-order chi connectivity index (χ1) is 8.97. The molecule has 1 aromatic carbocycles. The maximum absolute atomic E-state index is 12.9. The fraction of sp³-hybridized carbons (Fsp3) is 0.